The van der Waals surface area contributed by atoms with E-state index in [1.165, 1.54) is 70.6 Å². The lowest BCUT2D eigenvalue weighted by molar-refractivity contribution is -0.301. The highest BCUT2D eigenvalue weighted by molar-refractivity contribution is 5.74. The quantitative estimate of drug-likeness (QED) is 0.0228. The van der Waals surface area contributed by atoms with Gasteiger partial charge in [-0.1, -0.05) is 209 Å². The third-order valence-corrected chi connectivity index (χ3v) is 13.7. The van der Waals surface area contributed by atoms with Crippen LogP contribution in [-0.4, -0.2) is 89.2 Å². The molecule has 0 bridgehead atoms. The summed E-state index contributed by atoms with van der Waals surface area (Å²) in [5.74, 6) is -3.15. The number of ether oxygens (including phenoxy) is 5. The molecule has 77 heavy (non-hydrogen) atoms. The van der Waals surface area contributed by atoms with E-state index < -0.39 is 67.3 Å². The molecule has 0 radical (unpaired) electrons. The van der Waals surface area contributed by atoms with Crippen molar-refractivity contribution >= 4 is 23.9 Å². The molecule has 0 saturated carbocycles. The van der Waals surface area contributed by atoms with Crippen LogP contribution in [0.25, 0.3) is 0 Å². The van der Waals surface area contributed by atoms with E-state index in [1.54, 1.807) is 0 Å². The van der Waals surface area contributed by atoms with Crippen LogP contribution in [0.3, 0.4) is 0 Å². The number of aliphatic carboxylic acids is 1. The molecular formula is C65H110O12. The van der Waals surface area contributed by atoms with Gasteiger partial charge in [0.05, 0.1) is 6.61 Å². The van der Waals surface area contributed by atoms with Gasteiger partial charge >= 0.3 is 23.9 Å². The van der Waals surface area contributed by atoms with Gasteiger partial charge in [-0.2, -0.15) is 0 Å². The average molecular weight is 1080 g/mol. The number of carboxylic acids is 1. The Morgan fingerprint density at radius 1 is 0.429 bits per heavy atom. The summed E-state index contributed by atoms with van der Waals surface area (Å²) in [4.78, 5) is 51.2. The van der Waals surface area contributed by atoms with Crippen molar-refractivity contribution in [2.75, 3.05) is 13.2 Å². The third kappa shape index (κ3) is 42.7. The second kappa shape index (κ2) is 52.8. The number of rotatable bonds is 52. The normalized spacial score (nSPS) is 18.5. The van der Waals surface area contributed by atoms with Crippen molar-refractivity contribution in [2.45, 2.75) is 302 Å². The predicted molar refractivity (Wildman–Crippen MR) is 312 cm³/mol. The van der Waals surface area contributed by atoms with E-state index >= 15 is 0 Å². The van der Waals surface area contributed by atoms with Gasteiger partial charge in [-0.3, -0.25) is 14.4 Å². The van der Waals surface area contributed by atoms with Crippen LogP contribution in [-0.2, 0) is 42.9 Å². The Labute approximate surface area is 468 Å². The number of esters is 3. The van der Waals surface area contributed by atoms with Crippen molar-refractivity contribution in [3.8, 4) is 0 Å². The molecule has 0 aromatic carbocycles. The van der Waals surface area contributed by atoms with E-state index in [2.05, 4.69) is 93.7 Å². The fraction of sp³-hybridized carbons (Fsp3) is 0.754. The average Bonchev–Trinajstić information content (AvgIpc) is 3.42. The van der Waals surface area contributed by atoms with E-state index in [-0.39, 0.29) is 25.9 Å². The van der Waals surface area contributed by atoms with Gasteiger partial charge in [0.15, 0.2) is 24.6 Å². The molecule has 0 spiro atoms. The van der Waals surface area contributed by atoms with Crippen molar-refractivity contribution in [3.63, 3.8) is 0 Å². The van der Waals surface area contributed by atoms with Crippen molar-refractivity contribution < 1.29 is 58.2 Å². The number of allylic oxidation sites excluding steroid dienone is 12. The van der Waals surface area contributed by atoms with Crippen LogP contribution in [0.15, 0.2) is 72.9 Å². The van der Waals surface area contributed by atoms with Crippen LogP contribution in [0.5, 0.6) is 0 Å². The van der Waals surface area contributed by atoms with Gasteiger partial charge in [0.2, 0.25) is 0 Å². The third-order valence-electron chi connectivity index (χ3n) is 13.7. The Hall–Kier alpha value is -3.84. The molecule has 1 heterocycles. The summed E-state index contributed by atoms with van der Waals surface area (Å²) in [5.41, 5.74) is 0. The van der Waals surface area contributed by atoms with E-state index in [4.69, 9.17) is 23.7 Å². The molecular weight excluding hydrogens is 973 g/mol. The van der Waals surface area contributed by atoms with E-state index in [1.807, 2.05) is 0 Å². The summed E-state index contributed by atoms with van der Waals surface area (Å²) >= 11 is 0. The molecule has 3 N–H and O–H groups in total. The zero-order valence-corrected chi connectivity index (χ0v) is 48.7. The fourth-order valence-corrected chi connectivity index (χ4v) is 8.91. The van der Waals surface area contributed by atoms with Gasteiger partial charge in [-0.15, -0.1) is 0 Å². The van der Waals surface area contributed by atoms with Crippen LogP contribution in [0.1, 0.15) is 265 Å². The lowest BCUT2D eigenvalue weighted by Gasteiger charge is -2.40. The summed E-state index contributed by atoms with van der Waals surface area (Å²) < 4.78 is 28.4. The summed E-state index contributed by atoms with van der Waals surface area (Å²) in [6.45, 7) is 5.88. The highest BCUT2D eigenvalue weighted by Crippen LogP contribution is 2.26. The maximum Gasteiger partial charge on any atom is 0.335 e. The molecule has 1 saturated heterocycles. The minimum Gasteiger partial charge on any atom is -0.479 e. The number of carboxylic acid groups (broad SMARTS) is 1. The number of unbranched alkanes of at least 4 members (excludes halogenated alkanes) is 26. The molecule has 12 nitrogen and oxygen atoms in total. The molecule has 0 aromatic rings. The van der Waals surface area contributed by atoms with Gasteiger partial charge in [0.25, 0.3) is 0 Å². The molecule has 6 unspecified atom stereocenters. The highest BCUT2D eigenvalue weighted by atomic mass is 16.7. The second-order valence-electron chi connectivity index (χ2n) is 21.0. The van der Waals surface area contributed by atoms with Gasteiger partial charge < -0.3 is 39.0 Å². The highest BCUT2D eigenvalue weighted by Gasteiger charge is 2.50. The van der Waals surface area contributed by atoms with Crippen molar-refractivity contribution in [1.82, 2.24) is 0 Å². The monoisotopic (exact) mass is 1080 g/mol. The lowest BCUT2D eigenvalue weighted by atomic mass is 9.98. The number of hydrogen-bond acceptors (Lipinski definition) is 11. The number of aliphatic hydroxyl groups excluding tert-OH is 2. The van der Waals surface area contributed by atoms with Crippen LogP contribution in [0, 0.1) is 0 Å². The minimum atomic E-state index is -1.91. The first-order valence-corrected chi connectivity index (χ1v) is 30.9. The number of aliphatic hydroxyl groups is 2. The molecule has 1 rings (SSSR count). The Bertz CT molecular complexity index is 1620. The zero-order chi connectivity index (χ0) is 56.1. The standard InChI is InChI=1S/C65H110O12/c1-4-7-10-13-16-19-22-24-26-28-29-31-32-34-37-39-42-45-48-51-57(66)73-54-56(75-58(67)52-49-46-43-41-38-35-33-30-27-25-23-20-17-14-11-8-5-2)55-74-65-63(61(70)60(69)62(77-65)64(71)72)76-59(68)53-50-47-44-40-36-21-18-15-12-9-6-3/h15-20,24-27,29,31,56,60-63,65,69-70H,4-14,21-23,28,30,32-55H2,1-3H3,(H,71,72)/b18-15-,19-16-,20-17-,26-24-,27-25-,31-29-. The molecule has 1 fully saturated rings. The van der Waals surface area contributed by atoms with E-state index in [0.717, 1.165) is 135 Å². The molecule has 12 heteroatoms. The largest absolute Gasteiger partial charge is 0.479 e. The summed E-state index contributed by atoms with van der Waals surface area (Å²) in [7, 11) is 0. The predicted octanol–water partition coefficient (Wildman–Crippen LogP) is 16.1. The summed E-state index contributed by atoms with van der Waals surface area (Å²) in [5, 5.41) is 31.5. The molecule has 1 aliphatic rings. The van der Waals surface area contributed by atoms with Gasteiger partial charge in [0.1, 0.15) is 18.8 Å². The van der Waals surface area contributed by atoms with Crippen LogP contribution in [0.2, 0.25) is 0 Å². The van der Waals surface area contributed by atoms with Crippen molar-refractivity contribution in [2.24, 2.45) is 0 Å². The number of carbonyl (C=O) groups excluding carboxylic acids is 3. The van der Waals surface area contributed by atoms with Gasteiger partial charge in [0, 0.05) is 19.3 Å². The van der Waals surface area contributed by atoms with E-state index in [0.29, 0.717) is 19.3 Å². The van der Waals surface area contributed by atoms with Gasteiger partial charge in [-0.05, 0) is 109 Å². The van der Waals surface area contributed by atoms with Crippen LogP contribution < -0.4 is 0 Å². The second-order valence-corrected chi connectivity index (χ2v) is 21.0. The van der Waals surface area contributed by atoms with Gasteiger partial charge in [-0.25, -0.2) is 4.79 Å². The first kappa shape index (κ1) is 71.2. The Morgan fingerprint density at radius 2 is 0.792 bits per heavy atom. The summed E-state index contributed by atoms with van der Waals surface area (Å²) in [6.07, 6.45) is 54.4. The number of carbonyl (C=O) groups is 4. The van der Waals surface area contributed by atoms with Crippen LogP contribution >= 0.6 is 0 Å². The summed E-state index contributed by atoms with van der Waals surface area (Å²) in [6, 6.07) is 0. The Balaban J connectivity index is 2.68. The first-order valence-electron chi connectivity index (χ1n) is 30.9. The van der Waals surface area contributed by atoms with Crippen molar-refractivity contribution in [3.05, 3.63) is 72.9 Å². The SMILES string of the molecule is CCCC/C=C\CCCCCCCC(=O)OC1C(OCC(COC(=O)CCCCCCCC/C=C\C/C=C\C/C=C\CCCCC)OC(=O)CCCCCCCCC/C=C\C/C=C\CCCCC)OC(C(=O)O)C(O)C1O. The Kier molecular flexibility index (Phi) is 48.8. The van der Waals surface area contributed by atoms with Crippen molar-refractivity contribution in [1.29, 1.82) is 0 Å². The smallest absolute Gasteiger partial charge is 0.335 e. The molecule has 1 aliphatic heterocycles. The first-order chi connectivity index (χ1) is 37.6. The molecule has 442 valence electrons. The Morgan fingerprint density at radius 3 is 1.23 bits per heavy atom. The zero-order valence-electron chi connectivity index (χ0n) is 48.7. The maximum atomic E-state index is 13.2. The molecule has 0 aromatic heterocycles. The molecule has 0 amide bonds. The topological polar surface area (TPSA) is 175 Å². The van der Waals surface area contributed by atoms with Crippen LogP contribution in [0.4, 0.5) is 0 Å². The fourth-order valence-electron chi connectivity index (χ4n) is 8.91. The lowest BCUT2D eigenvalue weighted by Crippen LogP contribution is -2.61. The molecule has 0 aliphatic carbocycles. The molecule has 6 atom stereocenters. The number of hydrogen-bond donors (Lipinski definition) is 3. The van der Waals surface area contributed by atoms with E-state index in [9.17, 15) is 34.5 Å². The minimum absolute atomic E-state index is 0.0461. The maximum absolute atomic E-state index is 13.2.